The zero-order valence-electron chi connectivity index (χ0n) is 19.1. The molecule has 4 aromatic rings. The van der Waals surface area contributed by atoms with Gasteiger partial charge in [0.2, 0.25) is 0 Å². The molecule has 1 atom stereocenters. The summed E-state index contributed by atoms with van der Waals surface area (Å²) < 4.78 is 11.7. The number of amides is 1. The molecule has 1 saturated heterocycles. The number of anilines is 1. The van der Waals surface area contributed by atoms with Crippen LogP contribution in [0.25, 0.3) is 16.0 Å². The molecule has 1 aromatic heterocycles. The minimum atomic E-state index is -0.853. The predicted octanol–water partition coefficient (Wildman–Crippen LogP) is 5.33. The van der Waals surface area contributed by atoms with Crippen molar-refractivity contribution in [2.24, 2.45) is 0 Å². The average molecular weight is 487 g/mol. The van der Waals surface area contributed by atoms with Crippen molar-refractivity contribution in [3.8, 4) is 11.5 Å². The molecule has 3 aromatic carbocycles. The van der Waals surface area contributed by atoms with Gasteiger partial charge < -0.3 is 14.6 Å². The maximum absolute atomic E-state index is 13.4. The smallest absolute Gasteiger partial charge is 0.301 e. The van der Waals surface area contributed by atoms with Crippen molar-refractivity contribution in [1.82, 2.24) is 4.98 Å². The summed E-state index contributed by atoms with van der Waals surface area (Å²) in [6, 6.07) is 20.5. The van der Waals surface area contributed by atoms with Gasteiger partial charge in [-0.2, -0.15) is 0 Å². The number of rotatable bonds is 6. The summed E-state index contributed by atoms with van der Waals surface area (Å²) in [5, 5.41) is 11.5. The lowest BCUT2D eigenvalue weighted by Crippen LogP contribution is -2.29. The summed E-state index contributed by atoms with van der Waals surface area (Å²) in [7, 11) is 1.58. The maximum Gasteiger partial charge on any atom is 0.301 e. The Balaban J connectivity index is 1.69. The SMILES string of the molecule is CCOc1ccc([C@H]2C(=C(O)c3ccccc3)C(=O)C(=O)N2c2nc3ccc(OC)cc3s2)cc1. The van der Waals surface area contributed by atoms with Gasteiger partial charge in [-0.25, -0.2) is 4.98 Å². The molecular weight excluding hydrogens is 464 g/mol. The lowest BCUT2D eigenvalue weighted by Gasteiger charge is -2.23. The zero-order chi connectivity index (χ0) is 24.5. The molecule has 0 spiro atoms. The number of nitrogens with zero attached hydrogens (tertiary/aromatic N) is 2. The van der Waals surface area contributed by atoms with Gasteiger partial charge in [0.15, 0.2) is 5.13 Å². The van der Waals surface area contributed by atoms with Gasteiger partial charge in [0.1, 0.15) is 17.3 Å². The molecule has 8 heteroatoms. The highest BCUT2D eigenvalue weighted by molar-refractivity contribution is 7.22. The minimum absolute atomic E-state index is 0.0159. The molecule has 1 amide bonds. The van der Waals surface area contributed by atoms with Crippen LogP contribution < -0.4 is 14.4 Å². The van der Waals surface area contributed by atoms with E-state index in [1.54, 1.807) is 67.8 Å². The molecule has 0 bridgehead atoms. The van der Waals surface area contributed by atoms with Gasteiger partial charge in [0, 0.05) is 5.56 Å². The van der Waals surface area contributed by atoms with E-state index in [9.17, 15) is 14.7 Å². The molecule has 1 aliphatic rings. The first-order valence-electron chi connectivity index (χ1n) is 11.1. The highest BCUT2D eigenvalue weighted by Crippen LogP contribution is 2.44. The number of ketones is 1. The van der Waals surface area contributed by atoms with Crippen molar-refractivity contribution >= 4 is 44.1 Å². The van der Waals surface area contributed by atoms with Crippen molar-refractivity contribution in [3.05, 3.63) is 89.5 Å². The Bertz CT molecular complexity index is 1440. The fourth-order valence-electron chi connectivity index (χ4n) is 4.13. The second-order valence-electron chi connectivity index (χ2n) is 7.87. The van der Waals surface area contributed by atoms with Crippen LogP contribution in [0.2, 0.25) is 0 Å². The van der Waals surface area contributed by atoms with Gasteiger partial charge in [-0.05, 0) is 42.8 Å². The first-order chi connectivity index (χ1) is 17.0. The number of carbonyl (C=O) groups is 2. The standard InChI is InChI=1S/C27H22N2O5S/c1-3-34-18-11-9-16(10-12-18)23-22(24(30)17-7-5-4-6-8-17)25(31)26(32)29(23)27-28-20-14-13-19(33-2)15-21(20)35-27/h4-15,23,30H,3H2,1-2H3/t23-/m0/s1. The van der Waals surface area contributed by atoms with Gasteiger partial charge in [0.25, 0.3) is 5.78 Å². The number of hydrogen-bond acceptors (Lipinski definition) is 7. The Morgan fingerprint density at radius 2 is 1.74 bits per heavy atom. The minimum Gasteiger partial charge on any atom is -0.507 e. The number of aliphatic hydroxyl groups excluding tert-OH is 1. The second-order valence-corrected chi connectivity index (χ2v) is 8.88. The molecule has 1 N–H and O–H groups in total. The largest absolute Gasteiger partial charge is 0.507 e. The molecule has 0 unspecified atom stereocenters. The van der Waals surface area contributed by atoms with Crippen molar-refractivity contribution in [3.63, 3.8) is 0 Å². The first kappa shape index (κ1) is 22.6. The summed E-state index contributed by atoms with van der Waals surface area (Å²) >= 11 is 1.28. The first-order valence-corrected chi connectivity index (χ1v) is 11.9. The number of carbonyl (C=O) groups excluding carboxylic acids is 2. The quantitative estimate of drug-likeness (QED) is 0.225. The molecule has 35 heavy (non-hydrogen) atoms. The number of hydrogen-bond donors (Lipinski definition) is 1. The summed E-state index contributed by atoms with van der Waals surface area (Å²) in [4.78, 5) is 32.6. The van der Waals surface area contributed by atoms with E-state index in [1.807, 2.05) is 19.1 Å². The molecule has 2 heterocycles. The summed E-state index contributed by atoms with van der Waals surface area (Å²) in [6.07, 6.45) is 0. The van der Waals surface area contributed by atoms with E-state index in [2.05, 4.69) is 4.98 Å². The molecule has 7 nitrogen and oxygen atoms in total. The number of Topliss-reactive ketones (excluding diaryl/α,β-unsaturated/α-hetero) is 1. The predicted molar refractivity (Wildman–Crippen MR) is 135 cm³/mol. The number of benzene rings is 3. The van der Waals surface area contributed by atoms with E-state index in [-0.39, 0.29) is 11.3 Å². The molecule has 5 rings (SSSR count). The van der Waals surface area contributed by atoms with Crippen LogP contribution in [-0.2, 0) is 9.59 Å². The molecule has 0 radical (unpaired) electrons. The van der Waals surface area contributed by atoms with Crippen LogP contribution in [0.3, 0.4) is 0 Å². The number of ether oxygens (including phenoxy) is 2. The van der Waals surface area contributed by atoms with Crippen molar-refractivity contribution in [2.45, 2.75) is 13.0 Å². The van der Waals surface area contributed by atoms with Crippen LogP contribution in [0.1, 0.15) is 24.1 Å². The molecule has 1 fully saturated rings. The van der Waals surface area contributed by atoms with E-state index in [1.165, 1.54) is 16.2 Å². The van der Waals surface area contributed by atoms with Crippen molar-refractivity contribution in [2.75, 3.05) is 18.6 Å². The van der Waals surface area contributed by atoms with E-state index in [4.69, 9.17) is 9.47 Å². The van der Waals surface area contributed by atoms with E-state index >= 15 is 0 Å². The summed E-state index contributed by atoms with van der Waals surface area (Å²) in [6.45, 7) is 2.41. The van der Waals surface area contributed by atoms with E-state index in [0.29, 0.717) is 39.9 Å². The third-order valence-electron chi connectivity index (χ3n) is 5.79. The molecule has 0 aliphatic carbocycles. The van der Waals surface area contributed by atoms with Crippen molar-refractivity contribution < 1.29 is 24.2 Å². The van der Waals surface area contributed by atoms with Crippen molar-refractivity contribution in [1.29, 1.82) is 0 Å². The van der Waals surface area contributed by atoms with Gasteiger partial charge in [-0.1, -0.05) is 53.8 Å². The van der Waals surface area contributed by atoms with Crippen LogP contribution in [0, 0.1) is 0 Å². The van der Waals surface area contributed by atoms with E-state index in [0.717, 1.165) is 4.70 Å². The Labute approximate surface area is 205 Å². The third-order valence-corrected chi connectivity index (χ3v) is 6.81. The van der Waals surface area contributed by atoms with Gasteiger partial charge in [-0.15, -0.1) is 0 Å². The number of methoxy groups -OCH3 is 1. The lowest BCUT2D eigenvalue weighted by atomic mass is 9.95. The Hall–Kier alpha value is -4.17. The van der Waals surface area contributed by atoms with Gasteiger partial charge in [-0.3, -0.25) is 14.5 Å². The second kappa shape index (κ2) is 9.23. The average Bonchev–Trinajstić information content (AvgIpc) is 3.42. The monoisotopic (exact) mass is 486 g/mol. The van der Waals surface area contributed by atoms with Crippen LogP contribution in [0.5, 0.6) is 11.5 Å². The Morgan fingerprint density at radius 1 is 1.03 bits per heavy atom. The molecule has 0 saturated carbocycles. The van der Waals surface area contributed by atoms with Crippen LogP contribution in [-0.4, -0.2) is 35.5 Å². The fourth-order valence-corrected chi connectivity index (χ4v) is 5.15. The highest BCUT2D eigenvalue weighted by atomic mass is 32.1. The topological polar surface area (TPSA) is 89.0 Å². The van der Waals surface area contributed by atoms with Crippen LogP contribution in [0.4, 0.5) is 5.13 Å². The molecule has 1 aliphatic heterocycles. The highest BCUT2D eigenvalue weighted by Gasteiger charge is 2.48. The van der Waals surface area contributed by atoms with Gasteiger partial charge in [0.05, 0.1) is 35.5 Å². The normalized spacial score (nSPS) is 17.2. The summed E-state index contributed by atoms with van der Waals surface area (Å²) in [5.41, 5.74) is 1.81. The number of fused-ring (bicyclic) bond motifs is 1. The fraction of sp³-hybridized carbons (Fsp3) is 0.148. The Kier molecular flexibility index (Phi) is 5.96. The number of thiazole rings is 1. The molecular formula is C27H22N2O5S. The number of aliphatic hydroxyl groups is 1. The Morgan fingerprint density at radius 3 is 2.43 bits per heavy atom. The summed E-state index contributed by atoms with van der Waals surface area (Å²) in [5.74, 6) is -0.396. The van der Waals surface area contributed by atoms with Crippen LogP contribution in [0.15, 0.2) is 78.4 Å². The zero-order valence-corrected chi connectivity index (χ0v) is 19.9. The third kappa shape index (κ3) is 4.02. The van der Waals surface area contributed by atoms with E-state index < -0.39 is 17.7 Å². The number of aromatic nitrogens is 1. The maximum atomic E-state index is 13.4. The van der Waals surface area contributed by atoms with Gasteiger partial charge >= 0.3 is 5.91 Å². The molecule has 176 valence electrons. The lowest BCUT2D eigenvalue weighted by molar-refractivity contribution is -0.132. The van der Waals surface area contributed by atoms with Crippen LogP contribution >= 0.6 is 11.3 Å².